The lowest BCUT2D eigenvalue weighted by molar-refractivity contribution is 0.241. The van der Waals surface area contributed by atoms with Crippen LogP contribution in [0, 0.1) is 0 Å². The van der Waals surface area contributed by atoms with Crippen LogP contribution in [0.25, 0.3) is 22.0 Å². The number of aromatic amines is 1. The van der Waals surface area contributed by atoms with Gasteiger partial charge in [0.1, 0.15) is 0 Å². The third-order valence-electron chi connectivity index (χ3n) is 5.29. The fraction of sp³-hybridized carbons (Fsp3) is 0.174. The van der Waals surface area contributed by atoms with Crippen LogP contribution < -0.4 is 5.56 Å². The Morgan fingerprint density at radius 1 is 1.13 bits per heavy atom. The number of aromatic nitrogens is 3. The second-order valence-electron chi connectivity index (χ2n) is 7.49. The van der Waals surface area contributed by atoms with Gasteiger partial charge in [-0.05, 0) is 41.3 Å². The van der Waals surface area contributed by atoms with E-state index >= 15 is 0 Å². The lowest BCUT2D eigenvalue weighted by atomic mass is 10.1. The molecule has 0 radical (unpaired) electrons. The minimum Gasteiger partial charge on any atom is -0.306 e. The lowest BCUT2D eigenvalue weighted by Gasteiger charge is -2.27. The Balaban J connectivity index is 1.32. The van der Waals surface area contributed by atoms with Gasteiger partial charge in [0.05, 0.1) is 21.8 Å². The molecule has 0 unspecified atom stereocenters. The number of hydrogen-bond acceptors (Lipinski definition) is 5. The summed E-state index contributed by atoms with van der Waals surface area (Å²) in [7, 11) is 0. The third-order valence-corrected chi connectivity index (χ3v) is 6.60. The Morgan fingerprint density at radius 3 is 2.68 bits per heavy atom. The van der Waals surface area contributed by atoms with Crippen molar-refractivity contribution >= 4 is 34.5 Å². The van der Waals surface area contributed by atoms with E-state index in [9.17, 15) is 4.79 Å². The molecule has 1 aliphatic heterocycles. The number of rotatable bonds is 4. The SMILES string of the molecule is O=c1[nH]c(-c2cccs2)nc2c1CN(Cc1ccc(-c3cc(Cl)cc(Cl)c3)nc1)CC2. The summed E-state index contributed by atoms with van der Waals surface area (Å²) in [5.74, 6) is 0.660. The first-order valence-corrected chi connectivity index (χ1v) is 11.5. The topological polar surface area (TPSA) is 61.9 Å². The van der Waals surface area contributed by atoms with E-state index in [4.69, 9.17) is 28.2 Å². The van der Waals surface area contributed by atoms with Gasteiger partial charge in [-0.2, -0.15) is 0 Å². The van der Waals surface area contributed by atoms with Crippen LogP contribution in [0.1, 0.15) is 16.8 Å². The second-order valence-corrected chi connectivity index (χ2v) is 9.31. The van der Waals surface area contributed by atoms with E-state index in [-0.39, 0.29) is 5.56 Å². The summed E-state index contributed by atoms with van der Waals surface area (Å²) in [6.07, 6.45) is 2.62. The van der Waals surface area contributed by atoms with Gasteiger partial charge in [-0.25, -0.2) is 4.98 Å². The molecule has 156 valence electrons. The van der Waals surface area contributed by atoms with E-state index in [1.54, 1.807) is 17.4 Å². The van der Waals surface area contributed by atoms with Gasteiger partial charge < -0.3 is 4.98 Å². The Morgan fingerprint density at radius 2 is 1.97 bits per heavy atom. The lowest BCUT2D eigenvalue weighted by Crippen LogP contribution is -2.35. The maximum atomic E-state index is 12.7. The van der Waals surface area contributed by atoms with Crippen LogP contribution in [0.2, 0.25) is 10.0 Å². The number of hydrogen-bond donors (Lipinski definition) is 1. The van der Waals surface area contributed by atoms with E-state index in [1.165, 1.54) is 0 Å². The number of halogens is 2. The van der Waals surface area contributed by atoms with Gasteiger partial charge in [0, 0.05) is 47.9 Å². The summed E-state index contributed by atoms with van der Waals surface area (Å²) in [6, 6.07) is 13.3. The molecule has 31 heavy (non-hydrogen) atoms. The van der Waals surface area contributed by atoms with Gasteiger partial charge in [0.15, 0.2) is 5.82 Å². The molecule has 0 atom stereocenters. The van der Waals surface area contributed by atoms with E-state index in [0.717, 1.165) is 52.5 Å². The molecular weight excluding hydrogens is 451 g/mol. The molecule has 4 heterocycles. The molecule has 1 aliphatic rings. The molecular formula is C23H18Cl2N4OS. The third kappa shape index (κ3) is 4.43. The van der Waals surface area contributed by atoms with Gasteiger partial charge in [0.2, 0.25) is 0 Å². The molecule has 0 amide bonds. The van der Waals surface area contributed by atoms with Crippen LogP contribution in [-0.2, 0) is 19.5 Å². The first-order chi connectivity index (χ1) is 15.0. The van der Waals surface area contributed by atoms with Crippen molar-refractivity contribution < 1.29 is 0 Å². The van der Waals surface area contributed by atoms with Crippen LogP contribution in [0.4, 0.5) is 0 Å². The zero-order valence-electron chi connectivity index (χ0n) is 16.4. The van der Waals surface area contributed by atoms with E-state index in [2.05, 4.69) is 20.9 Å². The highest BCUT2D eigenvalue weighted by atomic mass is 35.5. The van der Waals surface area contributed by atoms with Crippen molar-refractivity contribution in [2.45, 2.75) is 19.5 Å². The molecule has 4 aromatic rings. The summed E-state index contributed by atoms with van der Waals surface area (Å²) in [5.41, 5.74) is 4.39. The molecule has 3 aromatic heterocycles. The molecule has 0 saturated carbocycles. The highest BCUT2D eigenvalue weighted by molar-refractivity contribution is 7.13. The summed E-state index contributed by atoms with van der Waals surface area (Å²) >= 11 is 13.8. The standard InChI is InChI=1S/C23H18Cl2N4OS/c24-16-8-15(9-17(25)10-16)19-4-3-14(11-26-19)12-29-6-5-20-18(13-29)23(30)28-22(27-20)21-2-1-7-31-21/h1-4,7-11H,5-6,12-13H2,(H,27,28,30). The average molecular weight is 469 g/mol. The zero-order chi connectivity index (χ0) is 21.4. The van der Waals surface area contributed by atoms with Gasteiger partial charge in [0.25, 0.3) is 5.56 Å². The molecule has 0 fully saturated rings. The molecule has 5 nitrogen and oxygen atoms in total. The largest absolute Gasteiger partial charge is 0.306 e. The van der Waals surface area contributed by atoms with Gasteiger partial charge >= 0.3 is 0 Å². The number of benzene rings is 1. The molecule has 1 N–H and O–H groups in total. The Kier molecular flexibility index (Phi) is 5.63. The van der Waals surface area contributed by atoms with Crippen molar-refractivity contribution in [1.82, 2.24) is 19.9 Å². The normalized spacial score (nSPS) is 13.9. The summed E-state index contributed by atoms with van der Waals surface area (Å²) < 4.78 is 0. The van der Waals surface area contributed by atoms with Crippen molar-refractivity contribution in [2.24, 2.45) is 0 Å². The van der Waals surface area contributed by atoms with E-state index in [1.807, 2.05) is 41.9 Å². The van der Waals surface area contributed by atoms with Gasteiger partial charge in [-0.1, -0.05) is 35.3 Å². The second kappa shape index (κ2) is 8.55. The quantitative estimate of drug-likeness (QED) is 0.433. The fourth-order valence-electron chi connectivity index (χ4n) is 3.79. The first-order valence-electron chi connectivity index (χ1n) is 9.85. The highest BCUT2D eigenvalue weighted by Crippen LogP contribution is 2.27. The number of nitrogens with one attached hydrogen (secondary N) is 1. The molecule has 0 spiro atoms. The minimum atomic E-state index is -0.0515. The van der Waals surface area contributed by atoms with Crippen molar-refractivity contribution in [3.8, 4) is 22.0 Å². The molecule has 1 aromatic carbocycles. The average Bonchev–Trinajstić information content (AvgIpc) is 3.29. The highest BCUT2D eigenvalue weighted by Gasteiger charge is 2.22. The maximum absolute atomic E-state index is 12.7. The fourth-order valence-corrected chi connectivity index (χ4v) is 4.99. The van der Waals surface area contributed by atoms with Crippen molar-refractivity contribution in [3.63, 3.8) is 0 Å². The Hall–Kier alpha value is -2.51. The summed E-state index contributed by atoms with van der Waals surface area (Å²) in [6.45, 7) is 2.14. The molecule has 0 bridgehead atoms. The smallest absolute Gasteiger partial charge is 0.255 e. The number of thiophene rings is 1. The number of H-pyrrole nitrogens is 1. The maximum Gasteiger partial charge on any atom is 0.255 e. The van der Waals surface area contributed by atoms with Gasteiger partial charge in [-0.3, -0.25) is 14.7 Å². The van der Waals surface area contributed by atoms with E-state index < -0.39 is 0 Å². The molecule has 8 heteroatoms. The number of pyridine rings is 1. The van der Waals surface area contributed by atoms with Crippen molar-refractivity contribution in [1.29, 1.82) is 0 Å². The van der Waals surface area contributed by atoms with Gasteiger partial charge in [-0.15, -0.1) is 11.3 Å². The van der Waals surface area contributed by atoms with Crippen LogP contribution in [0.15, 0.2) is 58.8 Å². The van der Waals surface area contributed by atoms with Crippen LogP contribution >= 0.6 is 34.5 Å². The Labute approximate surface area is 193 Å². The Bertz CT molecular complexity index is 1270. The summed E-state index contributed by atoms with van der Waals surface area (Å²) in [4.78, 5) is 28.1. The zero-order valence-corrected chi connectivity index (χ0v) is 18.8. The monoisotopic (exact) mass is 468 g/mol. The number of fused-ring (bicyclic) bond motifs is 1. The molecule has 0 aliphatic carbocycles. The minimum absolute atomic E-state index is 0.0515. The number of nitrogens with zero attached hydrogens (tertiary/aromatic N) is 3. The molecule has 5 rings (SSSR count). The predicted octanol–water partition coefficient (Wildman–Crippen LogP) is 5.43. The van der Waals surface area contributed by atoms with E-state index in [0.29, 0.717) is 22.4 Å². The van der Waals surface area contributed by atoms with Crippen molar-refractivity contribution in [2.75, 3.05) is 6.54 Å². The van der Waals surface area contributed by atoms with Crippen LogP contribution in [0.3, 0.4) is 0 Å². The summed E-state index contributed by atoms with van der Waals surface area (Å²) in [5, 5.41) is 3.15. The first kappa shape index (κ1) is 20.4. The van der Waals surface area contributed by atoms with Crippen LogP contribution in [0.5, 0.6) is 0 Å². The molecule has 0 saturated heterocycles. The van der Waals surface area contributed by atoms with Crippen LogP contribution in [-0.4, -0.2) is 26.4 Å². The predicted molar refractivity (Wildman–Crippen MR) is 126 cm³/mol. The van der Waals surface area contributed by atoms with Crippen molar-refractivity contribution in [3.05, 3.63) is 91.3 Å².